The molecule has 0 bridgehead atoms. The van der Waals surface area contributed by atoms with Gasteiger partial charge in [-0.3, -0.25) is 4.79 Å². The number of H-pyrrole nitrogens is 1. The molecule has 0 aliphatic carbocycles. The summed E-state index contributed by atoms with van der Waals surface area (Å²) >= 11 is 0. The van der Waals surface area contributed by atoms with Crippen LogP contribution in [-0.4, -0.2) is 9.97 Å². The first kappa shape index (κ1) is 9.71. The Hall–Kier alpha value is -1.38. The van der Waals surface area contributed by atoms with Crippen LogP contribution >= 0.6 is 0 Å². The number of nitrogens with one attached hydrogen (secondary N) is 1. The standard InChI is InChI=1S/C10H14N2O/c1-7(2)4-5-9-8(3)11-6-12-10(9)13/h4-7H,1-3H3,(H,11,12,13)/b5-4-. The normalized spacial score (nSPS) is 11.4. The van der Waals surface area contributed by atoms with E-state index in [1.165, 1.54) is 6.33 Å². The van der Waals surface area contributed by atoms with E-state index in [-0.39, 0.29) is 5.56 Å². The highest BCUT2D eigenvalue weighted by Gasteiger charge is 1.99. The Balaban J connectivity index is 3.07. The molecule has 1 heterocycles. The lowest BCUT2D eigenvalue weighted by molar-refractivity contribution is 0.836. The third-order valence-electron chi connectivity index (χ3n) is 1.74. The van der Waals surface area contributed by atoms with Gasteiger partial charge in [0, 0.05) is 0 Å². The highest BCUT2D eigenvalue weighted by molar-refractivity contribution is 5.50. The summed E-state index contributed by atoms with van der Waals surface area (Å²) in [6.45, 7) is 5.96. The van der Waals surface area contributed by atoms with Gasteiger partial charge < -0.3 is 4.98 Å². The van der Waals surface area contributed by atoms with E-state index >= 15 is 0 Å². The zero-order valence-corrected chi connectivity index (χ0v) is 8.16. The van der Waals surface area contributed by atoms with Gasteiger partial charge in [0.15, 0.2) is 0 Å². The Morgan fingerprint density at radius 3 is 2.77 bits per heavy atom. The summed E-state index contributed by atoms with van der Waals surface area (Å²) in [5.74, 6) is 0.444. The smallest absolute Gasteiger partial charge is 0.258 e. The molecular formula is C10H14N2O. The second-order valence-corrected chi connectivity index (χ2v) is 3.33. The van der Waals surface area contributed by atoms with Crippen molar-refractivity contribution in [2.24, 2.45) is 5.92 Å². The number of aromatic amines is 1. The minimum Gasteiger partial charge on any atom is -0.313 e. The van der Waals surface area contributed by atoms with Crippen molar-refractivity contribution in [3.05, 3.63) is 34.0 Å². The van der Waals surface area contributed by atoms with Crippen LogP contribution in [0.2, 0.25) is 0 Å². The van der Waals surface area contributed by atoms with E-state index in [0.29, 0.717) is 11.5 Å². The largest absolute Gasteiger partial charge is 0.313 e. The second-order valence-electron chi connectivity index (χ2n) is 3.33. The van der Waals surface area contributed by atoms with E-state index in [9.17, 15) is 4.79 Å². The SMILES string of the molecule is Cc1nc[nH]c(=O)c1/C=C\C(C)C. The van der Waals surface area contributed by atoms with Gasteiger partial charge in [-0.2, -0.15) is 0 Å². The quantitative estimate of drug-likeness (QED) is 0.749. The van der Waals surface area contributed by atoms with Crippen molar-refractivity contribution in [1.82, 2.24) is 9.97 Å². The van der Waals surface area contributed by atoms with Gasteiger partial charge in [-0.25, -0.2) is 4.98 Å². The molecule has 0 fully saturated rings. The van der Waals surface area contributed by atoms with Gasteiger partial charge >= 0.3 is 0 Å². The van der Waals surface area contributed by atoms with E-state index in [1.54, 1.807) is 0 Å². The van der Waals surface area contributed by atoms with E-state index in [0.717, 1.165) is 5.69 Å². The molecule has 0 aliphatic heterocycles. The molecule has 0 saturated carbocycles. The number of nitrogens with zero attached hydrogens (tertiary/aromatic N) is 1. The fourth-order valence-corrected chi connectivity index (χ4v) is 0.984. The van der Waals surface area contributed by atoms with Gasteiger partial charge in [-0.05, 0) is 12.8 Å². The van der Waals surface area contributed by atoms with Crippen LogP contribution in [0.15, 0.2) is 17.2 Å². The zero-order chi connectivity index (χ0) is 9.84. The van der Waals surface area contributed by atoms with Crippen LogP contribution in [0, 0.1) is 12.8 Å². The van der Waals surface area contributed by atoms with Gasteiger partial charge in [0.25, 0.3) is 5.56 Å². The highest BCUT2D eigenvalue weighted by atomic mass is 16.1. The highest BCUT2D eigenvalue weighted by Crippen LogP contribution is 2.02. The Morgan fingerprint density at radius 2 is 2.23 bits per heavy atom. The van der Waals surface area contributed by atoms with Crippen LogP contribution in [0.3, 0.4) is 0 Å². The lowest BCUT2D eigenvalue weighted by Gasteiger charge is -1.97. The molecule has 0 spiro atoms. The molecule has 1 aromatic heterocycles. The molecular weight excluding hydrogens is 164 g/mol. The summed E-state index contributed by atoms with van der Waals surface area (Å²) < 4.78 is 0. The Labute approximate surface area is 77.5 Å². The number of rotatable bonds is 2. The van der Waals surface area contributed by atoms with Crippen molar-refractivity contribution in [3.8, 4) is 0 Å². The number of aromatic nitrogens is 2. The summed E-state index contributed by atoms with van der Waals surface area (Å²) in [6, 6.07) is 0. The number of aryl methyl sites for hydroxylation is 1. The lowest BCUT2D eigenvalue weighted by Crippen LogP contribution is -2.11. The Morgan fingerprint density at radius 1 is 1.54 bits per heavy atom. The van der Waals surface area contributed by atoms with E-state index in [4.69, 9.17) is 0 Å². The number of hydrogen-bond acceptors (Lipinski definition) is 2. The molecule has 0 amide bonds. The Kier molecular flexibility index (Phi) is 3.01. The second kappa shape index (κ2) is 4.03. The van der Waals surface area contributed by atoms with Crippen molar-refractivity contribution in [3.63, 3.8) is 0 Å². The number of allylic oxidation sites excluding steroid dienone is 1. The van der Waals surface area contributed by atoms with Crippen LogP contribution < -0.4 is 5.56 Å². The maximum absolute atomic E-state index is 11.3. The van der Waals surface area contributed by atoms with Crippen molar-refractivity contribution in [1.29, 1.82) is 0 Å². The monoisotopic (exact) mass is 178 g/mol. The fraction of sp³-hybridized carbons (Fsp3) is 0.400. The van der Waals surface area contributed by atoms with Crippen LogP contribution in [-0.2, 0) is 0 Å². The molecule has 0 aromatic carbocycles. The maximum Gasteiger partial charge on any atom is 0.258 e. The molecule has 1 N–H and O–H groups in total. The minimum atomic E-state index is -0.0793. The average molecular weight is 178 g/mol. The van der Waals surface area contributed by atoms with Gasteiger partial charge in [0.05, 0.1) is 17.6 Å². The van der Waals surface area contributed by atoms with E-state index < -0.39 is 0 Å². The van der Waals surface area contributed by atoms with Crippen LogP contribution in [0.25, 0.3) is 6.08 Å². The molecule has 0 aliphatic rings. The third kappa shape index (κ3) is 2.54. The molecule has 3 heteroatoms. The molecule has 1 aromatic rings. The molecule has 1 rings (SSSR count). The summed E-state index contributed by atoms with van der Waals surface area (Å²) in [6.07, 6.45) is 5.23. The summed E-state index contributed by atoms with van der Waals surface area (Å²) in [5, 5.41) is 0. The van der Waals surface area contributed by atoms with E-state index in [1.807, 2.05) is 19.1 Å². The predicted octanol–water partition coefficient (Wildman–Crippen LogP) is 1.75. The van der Waals surface area contributed by atoms with E-state index in [2.05, 4.69) is 23.8 Å². The first-order chi connectivity index (χ1) is 6.11. The van der Waals surface area contributed by atoms with Crippen molar-refractivity contribution >= 4 is 6.08 Å². The van der Waals surface area contributed by atoms with Gasteiger partial charge in [-0.15, -0.1) is 0 Å². The van der Waals surface area contributed by atoms with Crippen LogP contribution in [0.5, 0.6) is 0 Å². The molecule has 0 unspecified atom stereocenters. The fourth-order valence-electron chi connectivity index (χ4n) is 0.984. The molecule has 0 atom stereocenters. The summed E-state index contributed by atoms with van der Waals surface area (Å²) in [7, 11) is 0. The Bertz CT molecular complexity index is 363. The minimum absolute atomic E-state index is 0.0793. The molecule has 0 radical (unpaired) electrons. The first-order valence-corrected chi connectivity index (χ1v) is 4.33. The topological polar surface area (TPSA) is 45.8 Å². The zero-order valence-electron chi connectivity index (χ0n) is 8.16. The van der Waals surface area contributed by atoms with Crippen LogP contribution in [0.1, 0.15) is 25.1 Å². The van der Waals surface area contributed by atoms with Crippen molar-refractivity contribution in [2.45, 2.75) is 20.8 Å². The third-order valence-corrected chi connectivity index (χ3v) is 1.74. The maximum atomic E-state index is 11.3. The molecule has 0 saturated heterocycles. The van der Waals surface area contributed by atoms with Gasteiger partial charge in [0.1, 0.15) is 0 Å². The predicted molar refractivity (Wildman–Crippen MR) is 53.5 cm³/mol. The first-order valence-electron chi connectivity index (χ1n) is 4.33. The summed E-state index contributed by atoms with van der Waals surface area (Å²) in [5.41, 5.74) is 1.33. The average Bonchev–Trinajstić information content (AvgIpc) is 2.03. The molecule has 13 heavy (non-hydrogen) atoms. The lowest BCUT2D eigenvalue weighted by atomic mass is 10.1. The van der Waals surface area contributed by atoms with Gasteiger partial charge in [-0.1, -0.05) is 26.0 Å². The molecule has 3 nitrogen and oxygen atoms in total. The van der Waals surface area contributed by atoms with Crippen molar-refractivity contribution in [2.75, 3.05) is 0 Å². The molecule has 70 valence electrons. The number of hydrogen-bond donors (Lipinski definition) is 1. The van der Waals surface area contributed by atoms with Crippen molar-refractivity contribution < 1.29 is 0 Å². The summed E-state index contributed by atoms with van der Waals surface area (Å²) in [4.78, 5) is 17.9. The van der Waals surface area contributed by atoms with Crippen LogP contribution in [0.4, 0.5) is 0 Å². The van der Waals surface area contributed by atoms with Gasteiger partial charge in [0.2, 0.25) is 0 Å².